The summed E-state index contributed by atoms with van der Waals surface area (Å²) in [5.41, 5.74) is 5.74. The molecule has 1 aromatic carbocycles. The summed E-state index contributed by atoms with van der Waals surface area (Å²) in [5, 5.41) is 0.0656. The number of hydrogen-bond acceptors (Lipinski definition) is 3. The molecule has 0 aliphatic carbocycles. The Labute approximate surface area is 91.9 Å². The van der Waals surface area contributed by atoms with Crippen molar-refractivity contribution in [1.29, 1.82) is 0 Å². The molecule has 5 heteroatoms. The molecule has 1 aromatic rings. The maximum atomic E-state index is 13.6. The smallest absolute Gasteiger partial charge is 0.187 e. The van der Waals surface area contributed by atoms with Crippen molar-refractivity contribution in [2.45, 2.75) is 12.4 Å². The lowest BCUT2D eigenvalue weighted by molar-refractivity contribution is -0.0607. The molecule has 0 spiro atoms. The molecule has 2 N–H and O–H groups in total. The minimum Gasteiger partial charge on any atom is -0.346 e. The molecule has 0 aromatic heterocycles. The van der Waals surface area contributed by atoms with Crippen LogP contribution < -0.4 is 5.73 Å². The van der Waals surface area contributed by atoms with E-state index < -0.39 is 12.1 Å². The second-order valence-corrected chi connectivity index (χ2v) is 3.71. The zero-order chi connectivity index (χ0) is 10.8. The van der Waals surface area contributed by atoms with Crippen molar-refractivity contribution in [3.8, 4) is 0 Å². The highest BCUT2D eigenvalue weighted by atomic mass is 35.5. The third kappa shape index (κ3) is 2.13. The van der Waals surface area contributed by atoms with E-state index >= 15 is 0 Å². The Morgan fingerprint density at radius 3 is 3.00 bits per heavy atom. The van der Waals surface area contributed by atoms with Crippen LogP contribution in [0, 0.1) is 5.82 Å². The Hall–Kier alpha value is -0.680. The summed E-state index contributed by atoms with van der Waals surface area (Å²) >= 11 is 5.65. The van der Waals surface area contributed by atoms with E-state index in [-0.39, 0.29) is 11.1 Å². The second kappa shape index (κ2) is 4.45. The van der Waals surface area contributed by atoms with Crippen molar-refractivity contribution in [1.82, 2.24) is 0 Å². The first-order valence-corrected chi connectivity index (χ1v) is 5.01. The van der Waals surface area contributed by atoms with Gasteiger partial charge < -0.3 is 15.2 Å². The lowest BCUT2D eigenvalue weighted by Gasteiger charge is -2.12. The van der Waals surface area contributed by atoms with Crippen LogP contribution in [-0.4, -0.2) is 19.3 Å². The molecule has 2 atom stereocenters. The number of ether oxygens (including phenoxy) is 2. The number of benzene rings is 1. The molecular formula is C10H11ClFNO2. The van der Waals surface area contributed by atoms with Crippen molar-refractivity contribution in [3.05, 3.63) is 34.6 Å². The summed E-state index contributed by atoms with van der Waals surface area (Å²) in [6.45, 7) is 0.742. The molecule has 2 rings (SSSR count). The lowest BCUT2D eigenvalue weighted by Crippen LogP contribution is -2.21. The molecule has 0 bridgehead atoms. The van der Waals surface area contributed by atoms with Crippen molar-refractivity contribution in [2.24, 2.45) is 5.73 Å². The first-order valence-electron chi connectivity index (χ1n) is 4.63. The molecule has 15 heavy (non-hydrogen) atoms. The van der Waals surface area contributed by atoms with Crippen LogP contribution in [0.15, 0.2) is 18.2 Å². The summed E-state index contributed by atoms with van der Waals surface area (Å²) in [6, 6.07) is 4.73. The Morgan fingerprint density at radius 1 is 1.53 bits per heavy atom. The molecule has 3 nitrogen and oxygen atoms in total. The summed E-state index contributed by atoms with van der Waals surface area (Å²) < 4.78 is 24.2. The fraction of sp³-hybridized carbons (Fsp3) is 0.400. The van der Waals surface area contributed by atoms with Gasteiger partial charge in [-0.1, -0.05) is 23.7 Å². The van der Waals surface area contributed by atoms with E-state index in [1.807, 2.05) is 0 Å². The van der Waals surface area contributed by atoms with Crippen molar-refractivity contribution in [3.63, 3.8) is 0 Å². The van der Waals surface area contributed by atoms with E-state index in [1.54, 1.807) is 12.1 Å². The predicted octanol–water partition coefficient (Wildman–Crippen LogP) is 1.85. The number of hydrogen-bond donors (Lipinski definition) is 1. The molecule has 0 radical (unpaired) electrons. The highest BCUT2D eigenvalue weighted by Gasteiger charge is 2.28. The van der Waals surface area contributed by atoms with Crippen LogP contribution in [0.3, 0.4) is 0 Å². The first kappa shape index (κ1) is 10.8. The van der Waals surface area contributed by atoms with Gasteiger partial charge in [-0.05, 0) is 6.07 Å². The fourth-order valence-corrected chi connectivity index (χ4v) is 1.62. The van der Waals surface area contributed by atoms with E-state index in [9.17, 15) is 4.39 Å². The van der Waals surface area contributed by atoms with Gasteiger partial charge in [0.2, 0.25) is 0 Å². The van der Waals surface area contributed by atoms with Gasteiger partial charge in [-0.25, -0.2) is 4.39 Å². The van der Waals surface area contributed by atoms with Gasteiger partial charge in [0.1, 0.15) is 5.82 Å². The zero-order valence-electron chi connectivity index (χ0n) is 7.95. The number of rotatable bonds is 2. The molecule has 1 saturated heterocycles. The number of halogens is 2. The summed E-state index contributed by atoms with van der Waals surface area (Å²) in [6.07, 6.45) is -0.870. The van der Waals surface area contributed by atoms with Gasteiger partial charge >= 0.3 is 0 Å². The largest absolute Gasteiger partial charge is 0.346 e. The zero-order valence-corrected chi connectivity index (χ0v) is 8.71. The van der Waals surface area contributed by atoms with Gasteiger partial charge in [-0.2, -0.15) is 0 Å². The van der Waals surface area contributed by atoms with E-state index in [4.69, 9.17) is 26.8 Å². The highest BCUT2D eigenvalue weighted by Crippen LogP contribution is 2.30. The standard InChI is InChI=1S/C10H11ClFNO2/c11-8-3-1-2-7(9(8)12)10-14-5-6(4-13)15-10/h1-3,6,10H,4-5,13H2. The van der Waals surface area contributed by atoms with Gasteiger partial charge in [0, 0.05) is 12.1 Å². The normalized spacial score (nSPS) is 25.8. The van der Waals surface area contributed by atoms with Gasteiger partial charge in [0.05, 0.1) is 17.7 Å². The van der Waals surface area contributed by atoms with E-state index in [1.165, 1.54) is 6.07 Å². The van der Waals surface area contributed by atoms with Gasteiger partial charge in [0.15, 0.2) is 6.29 Å². The Kier molecular flexibility index (Phi) is 3.21. The maximum absolute atomic E-state index is 13.6. The van der Waals surface area contributed by atoms with Crippen LogP contribution in [0.25, 0.3) is 0 Å². The van der Waals surface area contributed by atoms with Crippen molar-refractivity contribution in [2.75, 3.05) is 13.2 Å². The summed E-state index contributed by atoms with van der Waals surface area (Å²) in [7, 11) is 0. The van der Waals surface area contributed by atoms with Crippen LogP contribution in [0.5, 0.6) is 0 Å². The average molecular weight is 232 g/mol. The summed E-state index contributed by atoms with van der Waals surface area (Å²) in [4.78, 5) is 0. The third-order valence-electron chi connectivity index (χ3n) is 2.25. The van der Waals surface area contributed by atoms with Crippen LogP contribution in [0.4, 0.5) is 4.39 Å². The SMILES string of the molecule is NCC1COC(c2cccc(Cl)c2F)O1. The monoisotopic (exact) mass is 231 g/mol. The van der Waals surface area contributed by atoms with Crippen molar-refractivity contribution < 1.29 is 13.9 Å². The molecule has 2 unspecified atom stereocenters. The van der Waals surface area contributed by atoms with E-state index in [0.717, 1.165) is 0 Å². The molecule has 1 fully saturated rings. The van der Waals surface area contributed by atoms with E-state index in [2.05, 4.69) is 0 Å². The van der Waals surface area contributed by atoms with Gasteiger partial charge in [-0.15, -0.1) is 0 Å². The second-order valence-electron chi connectivity index (χ2n) is 3.30. The molecular weight excluding hydrogens is 221 g/mol. The maximum Gasteiger partial charge on any atom is 0.187 e. The van der Waals surface area contributed by atoms with Crippen molar-refractivity contribution >= 4 is 11.6 Å². The van der Waals surface area contributed by atoms with Crippen LogP contribution in [-0.2, 0) is 9.47 Å². The topological polar surface area (TPSA) is 44.5 Å². The fourth-order valence-electron chi connectivity index (χ4n) is 1.44. The number of nitrogens with two attached hydrogens (primary N) is 1. The third-order valence-corrected chi connectivity index (χ3v) is 2.54. The first-order chi connectivity index (χ1) is 7.22. The Morgan fingerprint density at radius 2 is 2.33 bits per heavy atom. The Bertz CT molecular complexity index is 361. The van der Waals surface area contributed by atoms with Gasteiger partial charge in [0.25, 0.3) is 0 Å². The molecule has 1 aliphatic rings. The lowest BCUT2D eigenvalue weighted by atomic mass is 10.2. The van der Waals surface area contributed by atoms with Gasteiger partial charge in [-0.3, -0.25) is 0 Å². The minimum atomic E-state index is -0.697. The minimum absolute atomic E-state index is 0.0656. The quantitative estimate of drug-likeness (QED) is 0.845. The molecule has 1 aliphatic heterocycles. The molecule has 0 amide bonds. The predicted molar refractivity (Wildman–Crippen MR) is 54.0 cm³/mol. The highest BCUT2D eigenvalue weighted by molar-refractivity contribution is 6.30. The van der Waals surface area contributed by atoms with Crippen LogP contribution >= 0.6 is 11.6 Å². The molecule has 82 valence electrons. The van der Waals surface area contributed by atoms with Crippen LogP contribution in [0.2, 0.25) is 5.02 Å². The summed E-state index contributed by atoms with van der Waals surface area (Å²) in [5.74, 6) is -0.498. The molecule has 0 saturated carbocycles. The Balaban J connectivity index is 2.20. The molecule has 1 heterocycles. The average Bonchev–Trinajstić information content (AvgIpc) is 2.70. The van der Waals surface area contributed by atoms with E-state index in [0.29, 0.717) is 18.7 Å². The van der Waals surface area contributed by atoms with Crippen LogP contribution in [0.1, 0.15) is 11.9 Å².